The molecule has 0 unspecified atom stereocenters. The van der Waals surface area contributed by atoms with Gasteiger partial charge in [0.1, 0.15) is 11.3 Å². The van der Waals surface area contributed by atoms with Crippen molar-refractivity contribution in [3.8, 4) is 5.75 Å². The largest absolute Gasteiger partial charge is 0.433 e. The molecule has 0 atom stereocenters. The molecule has 2 heterocycles. The van der Waals surface area contributed by atoms with Crippen molar-refractivity contribution in [3.05, 3.63) is 18.5 Å². The molecule has 2 aromatic heterocycles. The second-order valence-electron chi connectivity index (χ2n) is 2.72. The van der Waals surface area contributed by atoms with Gasteiger partial charge in [0.15, 0.2) is 0 Å². The molecule has 4 nitrogen and oxygen atoms in total. The van der Waals surface area contributed by atoms with E-state index in [1.54, 1.807) is 17.9 Å². The zero-order valence-corrected chi connectivity index (χ0v) is 7.32. The topological polar surface area (TPSA) is 39.9 Å². The number of rotatable bonds is 2. The van der Waals surface area contributed by atoms with Gasteiger partial charge in [0.25, 0.3) is 0 Å². The standard InChI is InChI=1S/C8H7F2N3O/c1-13-7-2-5(14-8(9)10)3-11-6(7)4-12-13/h2-4,8H,1H3. The lowest BCUT2D eigenvalue weighted by Gasteiger charge is -2.03. The summed E-state index contributed by atoms with van der Waals surface area (Å²) < 4.78 is 29.5. The molecule has 0 N–H and O–H groups in total. The van der Waals surface area contributed by atoms with Crippen LogP contribution in [-0.4, -0.2) is 21.4 Å². The van der Waals surface area contributed by atoms with E-state index < -0.39 is 6.61 Å². The number of hydrogen-bond donors (Lipinski definition) is 0. The minimum absolute atomic E-state index is 0.0381. The molecule has 0 saturated heterocycles. The zero-order valence-electron chi connectivity index (χ0n) is 7.32. The van der Waals surface area contributed by atoms with E-state index in [-0.39, 0.29) is 5.75 Å². The Balaban J connectivity index is 2.44. The fourth-order valence-electron chi connectivity index (χ4n) is 1.17. The molecule has 2 rings (SSSR count). The number of fused-ring (bicyclic) bond motifs is 1. The maximum absolute atomic E-state index is 11.9. The Morgan fingerprint density at radius 1 is 1.43 bits per heavy atom. The van der Waals surface area contributed by atoms with Gasteiger partial charge in [0, 0.05) is 13.1 Å². The van der Waals surface area contributed by atoms with Gasteiger partial charge < -0.3 is 4.74 Å². The minimum Gasteiger partial charge on any atom is -0.433 e. The molecule has 74 valence electrons. The Morgan fingerprint density at radius 2 is 2.21 bits per heavy atom. The Hall–Kier alpha value is -1.72. The van der Waals surface area contributed by atoms with E-state index in [1.807, 2.05) is 0 Å². The maximum atomic E-state index is 11.9. The summed E-state index contributed by atoms with van der Waals surface area (Å²) in [6, 6.07) is 1.47. The smallest absolute Gasteiger partial charge is 0.387 e. The molecular weight excluding hydrogens is 192 g/mol. The lowest BCUT2D eigenvalue weighted by molar-refractivity contribution is -0.0499. The number of pyridine rings is 1. The predicted octanol–water partition coefficient (Wildman–Crippen LogP) is 1.57. The third kappa shape index (κ3) is 1.50. The number of nitrogens with zero attached hydrogens (tertiary/aromatic N) is 3. The van der Waals surface area contributed by atoms with Gasteiger partial charge >= 0.3 is 6.61 Å². The average Bonchev–Trinajstić information content (AvgIpc) is 2.47. The third-order valence-corrected chi connectivity index (χ3v) is 1.80. The molecule has 0 aliphatic rings. The van der Waals surface area contributed by atoms with Crippen molar-refractivity contribution in [1.82, 2.24) is 14.8 Å². The van der Waals surface area contributed by atoms with Crippen LogP contribution >= 0.6 is 0 Å². The Kier molecular flexibility index (Phi) is 2.03. The van der Waals surface area contributed by atoms with Crippen LogP contribution in [0, 0.1) is 0 Å². The Morgan fingerprint density at radius 3 is 2.93 bits per heavy atom. The molecule has 0 aromatic carbocycles. The summed E-state index contributed by atoms with van der Waals surface area (Å²) in [6.45, 7) is -2.83. The van der Waals surface area contributed by atoms with E-state index in [0.29, 0.717) is 11.0 Å². The van der Waals surface area contributed by atoms with Crippen molar-refractivity contribution in [2.24, 2.45) is 7.05 Å². The molecule has 0 aliphatic carbocycles. The van der Waals surface area contributed by atoms with Crippen LogP contribution in [0.5, 0.6) is 5.75 Å². The van der Waals surface area contributed by atoms with E-state index in [0.717, 1.165) is 0 Å². The lowest BCUT2D eigenvalue weighted by atomic mass is 10.4. The number of aryl methyl sites for hydroxylation is 1. The highest BCUT2D eigenvalue weighted by atomic mass is 19.3. The number of ether oxygens (including phenoxy) is 1. The summed E-state index contributed by atoms with van der Waals surface area (Å²) in [5.74, 6) is 0.0381. The van der Waals surface area contributed by atoms with Crippen LogP contribution in [0.2, 0.25) is 0 Å². The van der Waals surface area contributed by atoms with Crippen molar-refractivity contribution < 1.29 is 13.5 Å². The van der Waals surface area contributed by atoms with Crippen molar-refractivity contribution in [3.63, 3.8) is 0 Å². The van der Waals surface area contributed by atoms with Crippen LogP contribution < -0.4 is 4.74 Å². The molecule has 2 aromatic rings. The summed E-state index contributed by atoms with van der Waals surface area (Å²) in [5.41, 5.74) is 1.30. The highest BCUT2D eigenvalue weighted by Crippen LogP contribution is 2.18. The molecule has 0 aliphatic heterocycles. The van der Waals surface area contributed by atoms with Crippen molar-refractivity contribution in [1.29, 1.82) is 0 Å². The van der Waals surface area contributed by atoms with E-state index in [4.69, 9.17) is 0 Å². The first-order chi connectivity index (χ1) is 6.66. The second-order valence-corrected chi connectivity index (χ2v) is 2.72. The summed E-state index contributed by atoms with van der Waals surface area (Å²) >= 11 is 0. The van der Waals surface area contributed by atoms with Crippen LogP contribution in [0.1, 0.15) is 0 Å². The number of aromatic nitrogens is 3. The molecule has 0 radical (unpaired) electrons. The van der Waals surface area contributed by atoms with Gasteiger partial charge in [-0.1, -0.05) is 0 Å². The summed E-state index contributed by atoms with van der Waals surface area (Å²) in [6.07, 6.45) is 2.80. The second kappa shape index (κ2) is 3.21. The summed E-state index contributed by atoms with van der Waals surface area (Å²) in [4.78, 5) is 3.91. The molecule has 0 amide bonds. The van der Waals surface area contributed by atoms with Crippen molar-refractivity contribution in [2.75, 3.05) is 0 Å². The van der Waals surface area contributed by atoms with Gasteiger partial charge in [-0.3, -0.25) is 4.68 Å². The molecular formula is C8H7F2N3O. The Bertz CT molecular complexity index is 455. The molecule has 14 heavy (non-hydrogen) atoms. The van der Waals surface area contributed by atoms with E-state index in [9.17, 15) is 8.78 Å². The molecule has 6 heteroatoms. The van der Waals surface area contributed by atoms with Gasteiger partial charge in [0.05, 0.1) is 17.9 Å². The van der Waals surface area contributed by atoms with Crippen molar-refractivity contribution >= 4 is 11.0 Å². The van der Waals surface area contributed by atoms with E-state index >= 15 is 0 Å². The lowest BCUT2D eigenvalue weighted by Crippen LogP contribution is -2.02. The molecule has 0 bridgehead atoms. The molecule has 0 saturated carbocycles. The quantitative estimate of drug-likeness (QED) is 0.737. The van der Waals surface area contributed by atoms with E-state index in [1.165, 1.54) is 12.3 Å². The van der Waals surface area contributed by atoms with Crippen LogP contribution in [0.4, 0.5) is 8.78 Å². The van der Waals surface area contributed by atoms with Gasteiger partial charge in [-0.25, -0.2) is 4.98 Å². The number of halogens is 2. The van der Waals surface area contributed by atoms with Gasteiger partial charge in [-0.2, -0.15) is 13.9 Å². The van der Waals surface area contributed by atoms with Gasteiger partial charge in [-0.05, 0) is 0 Å². The average molecular weight is 199 g/mol. The van der Waals surface area contributed by atoms with Crippen LogP contribution in [0.3, 0.4) is 0 Å². The van der Waals surface area contributed by atoms with Gasteiger partial charge in [0.2, 0.25) is 0 Å². The SMILES string of the molecule is Cn1ncc2ncc(OC(F)F)cc21. The highest BCUT2D eigenvalue weighted by molar-refractivity contribution is 5.75. The number of alkyl halides is 2. The van der Waals surface area contributed by atoms with Crippen molar-refractivity contribution in [2.45, 2.75) is 6.61 Å². The summed E-state index contributed by atoms with van der Waals surface area (Å²) in [5, 5.41) is 3.93. The first kappa shape index (κ1) is 8.86. The zero-order chi connectivity index (χ0) is 10.1. The summed E-state index contributed by atoms with van der Waals surface area (Å²) in [7, 11) is 1.70. The molecule has 0 fully saturated rings. The normalized spacial score (nSPS) is 11.1. The van der Waals surface area contributed by atoms with E-state index in [2.05, 4.69) is 14.8 Å². The minimum atomic E-state index is -2.83. The van der Waals surface area contributed by atoms with Crippen LogP contribution in [0.15, 0.2) is 18.5 Å². The van der Waals surface area contributed by atoms with Crippen LogP contribution in [-0.2, 0) is 7.05 Å². The third-order valence-electron chi connectivity index (χ3n) is 1.80. The fraction of sp³-hybridized carbons (Fsp3) is 0.250. The predicted molar refractivity (Wildman–Crippen MR) is 45.1 cm³/mol. The number of hydrogen-bond acceptors (Lipinski definition) is 3. The Labute approximate surface area is 78.1 Å². The fourth-order valence-corrected chi connectivity index (χ4v) is 1.17. The monoisotopic (exact) mass is 199 g/mol. The van der Waals surface area contributed by atoms with Crippen LogP contribution in [0.25, 0.3) is 11.0 Å². The first-order valence-corrected chi connectivity index (χ1v) is 3.89. The highest BCUT2D eigenvalue weighted by Gasteiger charge is 2.07. The maximum Gasteiger partial charge on any atom is 0.387 e. The first-order valence-electron chi connectivity index (χ1n) is 3.89. The molecule has 0 spiro atoms. The van der Waals surface area contributed by atoms with Gasteiger partial charge in [-0.15, -0.1) is 0 Å².